The Kier molecular flexibility index (Phi) is 4.33. The fraction of sp³-hybridized carbons (Fsp3) is 0.500. The highest BCUT2D eigenvalue weighted by molar-refractivity contribution is 5.92. The van der Waals surface area contributed by atoms with Crippen LogP contribution in [0.4, 0.5) is 5.95 Å². The second kappa shape index (κ2) is 6.77. The molecule has 1 amide bonds. The predicted octanol–water partition coefficient (Wildman–Crippen LogP) is -0.0523. The van der Waals surface area contributed by atoms with E-state index in [4.69, 9.17) is 9.47 Å². The molecule has 9 nitrogen and oxygen atoms in total. The Morgan fingerprint density at radius 2 is 2.04 bits per heavy atom. The Hall–Kier alpha value is -2.52. The predicted molar refractivity (Wildman–Crippen MR) is 88.2 cm³/mol. The second-order valence-corrected chi connectivity index (χ2v) is 6.25. The summed E-state index contributed by atoms with van der Waals surface area (Å²) in [4.78, 5) is 25.1. The summed E-state index contributed by atoms with van der Waals surface area (Å²) in [5.41, 5.74) is -0.112. The number of amides is 1. The molecule has 0 saturated carbocycles. The Morgan fingerprint density at radius 3 is 2.84 bits per heavy atom. The summed E-state index contributed by atoms with van der Waals surface area (Å²) in [7, 11) is 0. The molecule has 25 heavy (non-hydrogen) atoms. The quantitative estimate of drug-likeness (QED) is 0.816. The summed E-state index contributed by atoms with van der Waals surface area (Å²) in [6.45, 7) is 3.72. The van der Waals surface area contributed by atoms with E-state index in [1.165, 1.54) is 0 Å². The molecule has 2 aromatic rings. The van der Waals surface area contributed by atoms with E-state index in [-0.39, 0.29) is 5.91 Å². The summed E-state index contributed by atoms with van der Waals surface area (Å²) in [6.07, 6.45) is 5.01. The van der Waals surface area contributed by atoms with Crippen molar-refractivity contribution in [3.05, 3.63) is 36.4 Å². The molecule has 1 spiro atoms. The Balaban J connectivity index is 1.53. The van der Waals surface area contributed by atoms with Gasteiger partial charge in [-0.1, -0.05) is 0 Å². The van der Waals surface area contributed by atoms with Crippen LogP contribution < -0.4 is 4.90 Å². The van der Waals surface area contributed by atoms with Gasteiger partial charge in [0, 0.05) is 31.7 Å². The van der Waals surface area contributed by atoms with Crippen molar-refractivity contribution in [3.8, 4) is 0 Å². The lowest BCUT2D eigenvalue weighted by Crippen LogP contribution is -2.60. The third-order valence-corrected chi connectivity index (χ3v) is 4.45. The van der Waals surface area contributed by atoms with Crippen LogP contribution in [0.1, 0.15) is 10.5 Å². The number of aromatic nitrogens is 4. The number of hydrogen-bond acceptors (Lipinski definition) is 7. The van der Waals surface area contributed by atoms with E-state index in [2.05, 4.69) is 25.1 Å². The topological polar surface area (TPSA) is 96.5 Å². The van der Waals surface area contributed by atoms with Gasteiger partial charge in [-0.3, -0.25) is 9.89 Å². The lowest BCUT2D eigenvalue weighted by Gasteiger charge is -2.43. The fourth-order valence-electron chi connectivity index (χ4n) is 3.28. The maximum atomic E-state index is 12.6. The molecular formula is C16H20N6O3. The van der Waals surface area contributed by atoms with Crippen molar-refractivity contribution in [2.45, 2.75) is 5.60 Å². The van der Waals surface area contributed by atoms with Crippen molar-refractivity contribution < 1.29 is 14.3 Å². The van der Waals surface area contributed by atoms with E-state index in [1.807, 2.05) is 0 Å². The van der Waals surface area contributed by atoms with Crippen molar-refractivity contribution in [1.82, 2.24) is 25.1 Å². The summed E-state index contributed by atoms with van der Waals surface area (Å²) >= 11 is 0. The average Bonchev–Trinajstić information content (AvgIpc) is 3.12. The van der Waals surface area contributed by atoms with Crippen LogP contribution in [0.3, 0.4) is 0 Å². The van der Waals surface area contributed by atoms with Gasteiger partial charge in [0.15, 0.2) is 0 Å². The minimum absolute atomic E-state index is 0.0769. The van der Waals surface area contributed by atoms with Gasteiger partial charge in [0.1, 0.15) is 11.3 Å². The highest BCUT2D eigenvalue weighted by Gasteiger charge is 2.42. The highest BCUT2D eigenvalue weighted by Crippen LogP contribution is 2.25. The SMILES string of the molecule is O=C(c1ccn[nH]1)N1CCO[C@]2(COCCN(c3ncccn3)C2)C1. The smallest absolute Gasteiger partial charge is 0.272 e. The van der Waals surface area contributed by atoms with Crippen LogP contribution in [0.5, 0.6) is 0 Å². The molecule has 0 aliphatic carbocycles. The highest BCUT2D eigenvalue weighted by atomic mass is 16.5. The van der Waals surface area contributed by atoms with Crippen molar-refractivity contribution in [2.24, 2.45) is 0 Å². The summed E-state index contributed by atoms with van der Waals surface area (Å²) in [5.74, 6) is 0.569. The minimum Gasteiger partial charge on any atom is -0.376 e. The zero-order valence-electron chi connectivity index (χ0n) is 13.8. The van der Waals surface area contributed by atoms with Gasteiger partial charge in [0.2, 0.25) is 5.95 Å². The maximum absolute atomic E-state index is 12.6. The van der Waals surface area contributed by atoms with Crippen molar-refractivity contribution >= 4 is 11.9 Å². The van der Waals surface area contributed by atoms with Gasteiger partial charge in [-0.05, 0) is 12.1 Å². The first kappa shape index (κ1) is 16.0. The Bertz CT molecular complexity index is 710. The Labute approximate surface area is 145 Å². The summed E-state index contributed by atoms with van der Waals surface area (Å²) in [6, 6.07) is 3.47. The first-order valence-corrected chi connectivity index (χ1v) is 8.28. The second-order valence-electron chi connectivity index (χ2n) is 6.25. The van der Waals surface area contributed by atoms with Crippen LogP contribution >= 0.6 is 0 Å². The van der Waals surface area contributed by atoms with E-state index >= 15 is 0 Å². The standard InChI is InChI=1S/C16H20N6O3/c23-14(13-2-5-19-20-13)21-7-9-25-16(10-21)11-22(6-8-24-12-16)15-17-3-1-4-18-15/h1-5H,6-12H2,(H,19,20)/t16-/m1/s1. The molecule has 9 heteroatoms. The van der Waals surface area contributed by atoms with E-state index in [0.29, 0.717) is 57.6 Å². The van der Waals surface area contributed by atoms with Crippen LogP contribution in [0.25, 0.3) is 0 Å². The van der Waals surface area contributed by atoms with Crippen LogP contribution in [-0.2, 0) is 9.47 Å². The fourth-order valence-corrected chi connectivity index (χ4v) is 3.28. The molecule has 0 aromatic carbocycles. The third-order valence-electron chi connectivity index (χ3n) is 4.45. The van der Waals surface area contributed by atoms with Crippen LogP contribution in [-0.4, -0.2) is 82.6 Å². The summed E-state index contributed by atoms with van der Waals surface area (Å²) in [5, 5.41) is 6.58. The molecular weight excluding hydrogens is 324 g/mol. The number of hydrogen-bond donors (Lipinski definition) is 1. The first-order valence-electron chi connectivity index (χ1n) is 8.28. The number of carbonyl (C=O) groups excluding carboxylic acids is 1. The lowest BCUT2D eigenvalue weighted by molar-refractivity contribution is -0.124. The number of ether oxygens (including phenoxy) is 2. The zero-order chi connectivity index (χ0) is 17.1. The van der Waals surface area contributed by atoms with Crippen LogP contribution in [0.15, 0.2) is 30.7 Å². The largest absolute Gasteiger partial charge is 0.376 e. The third kappa shape index (κ3) is 3.33. The lowest BCUT2D eigenvalue weighted by atomic mass is 10.0. The Morgan fingerprint density at radius 1 is 1.16 bits per heavy atom. The minimum atomic E-state index is -0.594. The average molecular weight is 344 g/mol. The molecule has 2 aromatic heterocycles. The number of nitrogens with zero attached hydrogens (tertiary/aromatic N) is 5. The number of morpholine rings is 1. The first-order chi connectivity index (χ1) is 12.3. The molecule has 0 bridgehead atoms. The van der Waals surface area contributed by atoms with E-state index in [9.17, 15) is 4.79 Å². The molecule has 1 N–H and O–H groups in total. The van der Waals surface area contributed by atoms with E-state index < -0.39 is 5.60 Å². The molecule has 0 radical (unpaired) electrons. The zero-order valence-corrected chi connectivity index (χ0v) is 13.8. The van der Waals surface area contributed by atoms with Gasteiger partial charge in [-0.25, -0.2) is 9.97 Å². The normalized spacial score (nSPS) is 24.3. The van der Waals surface area contributed by atoms with Gasteiger partial charge in [-0.2, -0.15) is 5.10 Å². The molecule has 2 fully saturated rings. The number of nitrogens with one attached hydrogen (secondary N) is 1. The maximum Gasteiger partial charge on any atom is 0.272 e. The molecule has 132 valence electrons. The van der Waals surface area contributed by atoms with E-state index in [0.717, 1.165) is 0 Å². The van der Waals surface area contributed by atoms with Crippen molar-refractivity contribution in [3.63, 3.8) is 0 Å². The monoisotopic (exact) mass is 344 g/mol. The molecule has 1 atom stereocenters. The van der Waals surface area contributed by atoms with E-state index in [1.54, 1.807) is 35.6 Å². The van der Waals surface area contributed by atoms with Gasteiger partial charge < -0.3 is 19.3 Å². The van der Waals surface area contributed by atoms with Gasteiger partial charge >= 0.3 is 0 Å². The number of aromatic amines is 1. The van der Waals surface area contributed by atoms with Gasteiger partial charge in [0.05, 0.1) is 32.9 Å². The van der Waals surface area contributed by atoms with Gasteiger partial charge in [0.25, 0.3) is 5.91 Å². The van der Waals surface area contributed by atoms with Crippen LogP contribution in [0, 0.1) is 0 Å². The molecule has 2 saturated heterocycles. The molecule has 2 aliphatic rings. The molecule has 4 heterocycles. The summed E-state index contributed by atoms with van der Waals surface area (Å²) < 4.78 is 11.9. The number of H-pyrrole nitrogens is 1. The van der Waals surface area contributed by atoms with Crippen molar-refractivity contribution in [2.75, 3.05) is 50.9 Å². The molecule has 0 unspecified atom stereocenters. The van der Waals surface area contributed by atoms with Crippen molar-refractivity contribution in [1.29, 1.82) is 0 Å². The number of rotatable bonds is 2. The molecule has 2 aliphatic heterocycles. The molecule has 4 rings (SSSR count). The number of anilines is 1. The number of carbonyl (C=O) groups is 1. The van der Waals surface area contributed by atoms with Gasteiger partial charge in [-0.15, -0.1) is 0 Å². The van der Waals surface area contributed by atoms with Crippen LogP contribution in [0.2, 0.25) is 0 Å².